The topological polar surface area (TPSA) is 42.2 Å². The summed E-state index contributed by atoms with van der Waals surface area (Å²) in [5.41, 5.74) is 7.62. The number of hydrogen-bond acceptors (Lipinski definition) is 5. The smallest absolute Gasteiger partial charge is 0.203 e. The maximum atomic E-state index is 4.61. The molecule has 0 aliphatic carbocycles. The highest BCUT2D eigenvalue weighted by Crippen LogP contribution is 2.28. The number of nitrogens with one attached hydrogen (secondary N) is 1. The molecule has 0 saturated heterocycles. The number of benzene rings is 2. The summed E-state index contributed by atoms with van der Waals surface area (Å²) in [7, 11) is 0. The van der Waals surface area contributed by atoms with Gasteiger partial charge in [-0.2, -0.15) is 5.10 Å². The van der Waals surface area contributed by atoms with E-state index in [1.54, 1.807) is 22.7 Å². The molecule has 0 bridgehead atoms. The van der Waals surface area contributed by atoms with Crippen molar-refractivity contribution in [3.05, 3.63) is 94.8 Å². The first-order chi connectivity index (χ1) is 14.4. The fraction of sp³-hybridized carbons (Fsp3) is 0.0435. The molecule has 142 valence electrons. The van der Waals surface area contributed by atoms with Gasteiger partial charge in [0.2, 0.25) is 5.13 Å². The molecule has 1 N–H and O–H groups in total. The molecular weight excluding hydrogens is 396 g/mol. The summed E-state index contributed by atoms with van der Waals surface area (Å²) in [4.78, 5) is 5.77. The number of thiophene rings is 1. The molecular formula is C23H18N4S2. The van der Waals surface area contributed by atoms with Gasteiger partial charge < -0.3 is 4.57 Å². The van der Waals surface area contributed by atoms with Crippen molar-refractivity contribution in [2.45, 2.75) is 6.54 Å². The van der Waals surface area contributed by atoms with E-state index in [0.717, 1.165) is 22.9 Å². The average Bonchev–Trinajstić information content (AvgIpc) is 3.50. The zero-order valence-electron chi connectivity index (χ0n) is 15.5. The van der Waals surface area contributed by atoms with Crippen LogP contribution in [0.2, 0.25) is 0 Å². The van der Waals surface area contributed by atoms with Crippen molar-refractivity contribution in [1.82, 2.24) is 9.55 Å². The van der Waals surface area contributed by atoms with Crippen molar-refractivity contribution in [2.75, 3.05) is 5.43 Å². The predicted molar refractivity (Wildman–Crippen MR) is 124 cm³/mol. The second-order valence-electron chi connectivity index (χ2n) is 6.60. The first-order valence-electron chi connectivity index (χ1n) is 9.27. The Morgan fingerprint density at radius 2 is 1.83 bits per heavy atom. The van der Waals surface area contributed by atoms with Gasteiger partial charge in [0.05, 0.1) is 16.8 Å². The second-order valence-corrected chi connectivity index (χ2v) is 8.41. The fourth-order valence-electron chi connectivity index (χ4n) is 3.31. The van der Waals surface area contributed by atoms with E-state index in [0.29, 0.717) is 0 Å². The summed E-state index contributed by atoms with van der Waals surface area (Å²) >= 11 is 3.25. The first-order valence-corrected chi connectivity index (χ1v) is 11.0. The quantitative estimate of drug-likeness (QED) is 0.261. The van der Waals surface area contributed by atoms with E-state index in [1.165, 1.54) is 21.3 Å². The molecule has 0 aliphatic heterocycles. The third-order valence-electron chi connectivity index (χ3n) is 4.66. The molecule has 29 heavy (non-hydrogen) atoms. The molecule has 5 aromatic rings. The third kappa shape index (κ3) is 3.85. The lowest BCUT2D eigenvalue weighted by Crippen LogP contribution is -1.97. The van der Waals surface area contributed by atoms with Crippen molar-refractivity contribution in [3.63, 3.8) is 0 Å². The van der Waals surface area contributed by atoms with Crippen LogP contribution >= 0.6 is 22.7 Å². The van der Waals surface area contributed by atoms with Gasteiger partial charge in [0.25, 0.3) is 0 Å². The zero-order chi connectivity index (χ0) is 19.5. The SMILES string of the molecule is C(=NNc1nc(-c2cccs2)cs1)c1cn(Cc2ccccc2)c2ccccc12. The summed E-state index contributed by atoms with van der Waals surface area (Å²) < 4.78 is 2.27. The van der Waals surface area contributed by atoms with E-state index in [9.17, 15) is 0 Å². The Morgan fingerprint density at radius 3 is 2.69 bits per heavy atom. The number of aromatic nitrogens is 2. The summed E-state index contributed by atoms with van der Waals surface area (Å²) in [5, 5.41) is 10.5. The molecule has 6 heteroatoms. The van der Waals surface area contributed by atoms with Crippen LogP contribution in [-0.2, 0) is 6.54 Å². The molecule has 4 nitrogen and oxygen atoms in total. The second kappa shape index (κ2) is 8.03. The Bertz CT molecular complexity index is 1250. The molecule has 2 aromatic carbocycles. The summed E-state index contributed by atoms with van der Waals surface area (Å²) in [6.45, 7) is 0.833. The minimum absolute atomic E-state index is 0.790. The number of anilines is 1. The molecule has 0 amide bonds. The van der Waals surface area contributed by atoms with Crippen molar-refractivity contribution < 1.29 is 0 Å². The molecule has 0 saturated carbocycles. The van der Waals surface area contributed by atoms with Gasteiger partial charge >= 0.3 is 0 Å². The van der Waals surface area contributed by atoms with Crippen LogP contribution in [0.4, 0.5) is 5.13 Å². The Hall–Kier alpha value is -3.22. The summed E-state index contributed by atoms with van der Waals surface area (Å²) in [5.74, 6) is 0. The number of thiazole rings is 1. The number of para-hydroxylation sites is 1. The van der Waals surface area contributed by atoms with Crippen LogP contribution < -0.4 is 5.43 Å². The van der Waals surface area contributed by atoms with Crippen LogP contribution in [0.15, 0.2) is 88.8 Å². The van der Waals surface area contributed by atoms with E-state index in [4.69, 9.17) is 0 Å². The molecule has 0 radical (unpaired) electrons. The van der Waals surface area contributed by atoms with Gasteiger partial charge in [-0.05, 0) is 23.1 Å². The Labute approximate surface area is 176 Å². The largest absolute Gasteiger partial charge is 0.342 e. The molecule has 0 fully saturated rings. The van der Waals surface area contributed by atoms with Crippen LogP contribution in [0.25, 0.3) is 21.5 Å². The number of hydrazone groups is 1. The Balaban J connectivity index is 1.37. The Morgan fingerprint density at radius 1 is 0.966 bits per heavy atom. The highest BCUT2D eigenvalue weighted by Gasteiger charge is 2.08. The van der Waals surface area contributed by atoms with Crippen LogP contribution in [0.3, 0.4) is 0 Å². The highest BCUT2D eigenvalue weighted by molar-refractivity contribution is 7.15. The molecule has 3 heterocycles. The van der Waals surface area contributed by atoms with Gasteiger partial charge in [-0.15, -0.1) is 22.7 Å². The van der Waals surface area contributed by atoms with Gasteiger partial charge in [0.15, 0.2) is 0 Å². The molecule has 0 spiro atoms. The van der Waals surface area contributed by atoms with E-state index < -0.39 is 0 Å². The maximum Gasteiger partial charge on any atom is 0.203 e. The summed E-state index contributed by atoms with van der Waals surface area (Å²) in [6.07, 6.45) is 4.03. The van der Waals surface area contributed by atoms with E-state index in [2.05, 4.69) is 91.6 Å². The van der Waals surface area contributed by atoms with E-state index in [1.807, 2.05) is 18.3 Å². The minimum Gasteiger partial charge on any atom is -0.342 e. The van der Waals surface area contributed by atoms with Crippen LogP contribution in [0.5, 0.6) is 0 Å². The number of rotatable bonds is 6. The van der Waals surface area contributed by atoms with Crippen LogP contribution in [0.1, 0.15) is 11.1 Å². The fourth-order valence-corrected chi connectivity index (χ4v) is 4.73. The van der Waals surface area contributed by atoms with Crippen LogP contribution in [-0.4, -0.2) is 15.8 Å². The molecule has 0 atom stereocenters. The molecule has 3 aromatic heterocycles. The molecule has 0 aliphatic rings. The Kier molecular flexibility index (Phi) is 4.94. The lowest BCUT2D eigenvalue weighted by atomic mass is 10.2. The van der Waals surface area contributed by atoms with Crippen LogP contribution in [0, 0.1) is 0 Å². The number of hydrogen-bond donors (Lipinski definition) is 1. The average molecular weight is 415 g/mol. The monoisotopic (exact) mass is 414 g/mol. The summed E-state index contributed by atoms with van der Waals surface area (Å²) in [6, 6.07) is 23.0. The van der Waals surface area contributed by atoms with Crippen molar-refractivity contribution in [2.24, 2.45) is 5.10 Å². The molecule has 0 unspecified atom stereocenters. The maximum absolute atomic E-state index is 4.61. The zero-order valence-corrected chi connectivity index (χ0v) is 17.2. The first kappa shape index (κ1) is 17.8. The van der Waals surface area contributed by atoms with E-state index >= 15 is 0 Å². The van der Waals surface area contributed by atoms with Gasteiger partial charge in [-0.3, -0.25) is 5.43 Å². The van der Waals surface area contributed by atoms with Gasteiger partial charge in [-0.25, -0.2) is 4.98 Å². The lowest BCUT2D eigenvalue weighted by molar-refractivity contribution is 0.836. The molecule has 5 rings (SSSR count). The van der Waals surface area contributed by atoms with Crippen molar-refractivity contribution in [3.8, 4) is 10.6 Å². The number of fused-ring (bicyclic) bond motifs is 1. The van der Waals surface area contributed by atoms with Crippen molar-refractivity contribution >= 4 is 44.9 Å². The predicted octanol–water partition coefficient (Wildman–Crippen LogP) is 6.32. The van der Waals surface area contributed by atoms with Crippen molar-refractivity contribution in [1.29, 1.82) is 0 Å². The minimum atomic E-state index is 0.790. The van der Waals surface area contributed by atoms with Gasteiger partial charge in [0, 0.05) is 34.6 Å². The number of nitrogens with zero attached hydrogens (tertiary/aromatic N) is 3. The van der Waals surface area contributed by atoms with Gasteiger partial charge in [0.1, 0.15) is 0 Å². The van der Waals surface area contributed by atoms with E-state index in [-0.39, 0.29) is 0 Å². The third-order valence-corrected chi connectivity index (χ3v) is 6.30. The lowest BCUT2D eigenvalue weighted by Gasteiger charge is -2.05. The highest BCUT2D eigenvalue weighted by atomic mass is 32.1. The normalized spacial score (nSPS) is 11.4. The standard InChI is InChI=1S/C23H18N4S2/c1-2-7-17(8-3-1)14-27-15-18(19-9-4-5-10-21(19)27)13-24-26-23-25-20(16-29-23)22-11-6-12-28-22/h1-13,15-16H,14H2,(H,25,26). The van der Waals surface area contributed by atoms with Gasteiger partial charge in [-0.1, -0.05) is 54.6 Å².